The summed E-state index contributed by atoms with van der Waals surface area (Å²) in [6, 6.07) is 7.81. The highest BCUT2D eigenvalue weighted by Gasteiger charge is 2.45. The highest BCUT2D eigenvalue weighted by molar-refractivity contribution is 6.46. The van der Waals surface area contributed by atoms with E-state index in [1.807, 2.05) is 19.0 Å². The highest BCUT2D eigenvalue weighted by atomic mass is 16.6. The molecule has 0 saturated carbocycles. The Hall–Kier alpha value is -3.39. The van der Waals surface area contributed by atoms with Gasteiger partial charge in [-0.25, -0.2) is 0 Å². The van der Waals surface area contributed by atoms with Crippen LogP contribution in [0.2, 0.25) is 0 Å². The number of hydrogen-bond donors (Lipinski definition) is 1. The first-order valence-corrected chi connectivity index (χ1v) is 10.2. The van der Waals surface area contributed by atoms with Crippen LogP contribution in [0.1, 0.15) is 23.6 Å². The maximum atomic E-state index is 13.0. The number of carbonyl (C=O) groups excluding carboxylic acids is 2. The van der Waals surface area contributed by atoms with E-state index < -0.39 is 17.7 Å². The molecule has 3 heterocycles. The van der Waals surface area contributed by atoms with E-state index in [0.717, 1.165) is 12.1 Å². The van der Waals surface area contributed by atoms with Crippen LogP contribution in [0.3, 0.4) is 0 Å². The Balaban J connectivity index is 1.76. The van der Waals surface area contributed by atoms with Gasteiger partial charge in [0.15, 0.2) is 11.5 Å². The number of ketones is 1. The minimum Gasteiger partial charge on any atom is -0.507 e. The normalized spacial score (nSPS) is 19.8. The number of pyridine rings is 1. The first-order valence-electron chi connectivity index (χ1n) is 10.2. The summed E-state index contributed by atoms with van der Waals surface area (Å²) in [6.07, 6.45) is 3.92. The molecule has 0 spiro atoms. The molecule has 1 aromatic carbocycles. The van der Waals surface area contributed by atoms with Crippen molar-refractivity contribution < 1.29 is 24.2 Å². The fraction of sp³-hybridized carbons (Fsp3) is 0.348. The fourth-order valence-corrected chi connectivity index (χ4v) is 3.91. The van der Waals surface area contributed by atoms with Crippen LogP contribution in [0.25, 0.3) is 5.76 Å². The molecule has 4 rings (SSSR count). The van der Waals surface area contributed by atoms with E-state index in [4.69, 9.17) is 9.47 Å². The summed E-state index contributed by atoms with van der Waals surface area (Å²) in [4.78, 5) is 33.5. The van der Waals surface area contributed by atoms with Crippen LogP contribution in [0.15, 0.2) is 48.3 Å². The highest BCUT2D eigenvalue weighted by Crippen LogP contribution is 2.40. The molecule has 0 radical (unpaired) electrons. The maximum Gasteiger partial charge on any atom is 0.295 e. The molecule has 162 valence electrons. The second-order valence-electron chi connectivity index (χ2n) is 7.79. The standard InChI is InChI=1S/C23H25N3O5/c1-25(2)10-3-11-26-20(15-6-8-24-9-7-15)19(22(28)23(26)29)21(27)16-4-5-17-18(14-16)31-13-12-30-17/h4-9,14,20,27H,3,10-13H2,1-2H3/b21-19+/t20-/m0/s1. The molecule has 0 bridgehead atoms. The molecule has 0 unspecified atom stereocenters. The number of amides is 1. The number of aliphatic hydroxyl groups is 1. The summed E-state index contributed by atoms with van der Waals surface area (Å²) < 4.78 is 11.1. The van der Waals surface area contributed by atoms with E-state index >= 15 is 0 Å². The van der Waals surface area contributed by atoms with Gasteiger partial charge in [0.25, 0.3) is 11.7 Å². The van der Waals surface area contributed by atoms with E-state index in [2.05, 4.69) is 4.98 Å². The third-order valence-corrected chi connectivity index (χ3v) is 5.38. The van der Waals surface area contributed by atoms with Crippen molar-refractivity contribution >= 4 is 17.4 Å². The molecule has 31 heavy (non-hydrogen) atoms. The van der Waals surface area contributed by atoms with Crippen molar-refractivity contribution in [3.63, 3.8) is 0 Å². The zero-order valence-electron chi connectivity index (χ0n) is 17.6. The van der Waals surface area contributed by atoms with Crippen molar-refractivity contribution in [1.29, 1.82) is 0 Å². The van der Waals surface area contributed by atoms with Crippen molar-refractivity contribution in [3.8, 4) is 11.5 Å². The zero-order valence-corrected chi connectivity index (χ0v) is 17.6. The molecule has 1 N–H and O–H groups in total. The lowest BCUT2D eigenvalue weighted by atomic mass is 9.95. The second kappa shape index (κ2) is 8.77. The Bertz CT molecular complexity index is 1020. The van der Waals surface area contributed by atoms with Crippen molar-refractivity contribution in [2.24, 2.45) is 0 Å². The number of carbonyl (C=O) groups is 2. The second-order valence-corrected chi connectivity index (χ2v) is 7.79. The zero-order chi connectivity index (χ0) is 22.0. The van der Waals surface area contributed by atoms with Gasteiger partial charge in [-0.1, -0.05) is 0 Å². The molecule has 1 aromatic heterocycles. The van der Waals surface area contributed by atoms with Gasteiger partial charge >= 0.3 is 0 Å². The SMILES string of the molecule is CN(C)CCCN1C(=O)C(=O)/C(=C(/O)c2ccc3c(c2)OCCO3)[C@@H]1c1ccncc1. The third kappa shape index (κ3) is 4.11. The van der Waals surface area contributed by atoms with Gasteiger partial charge in [0.1, 0.15) is 19.0 Å². The minimum atomic E-state index is -0.695. The van der Waals surface area contributed by atoms with Gasteiger partial charge in [-0.05, 0) is 63.0 Å². The van der Waals surface area contributed by atoms with E-state index in [0.29, 0.717) is 43.2 Å². The smallest absolute Gasteiger partial charge is 0.295 e. The lowest BCUT2D eigenvalue weighted by Crippen LogP contribution is -2.32. The molecule has 8 heteroatoms. The summed E-state index contributed by atoms with van der Waals surface area (Å²) in [5, 5.41) is 11.1. The van der Waals surface area contributed by atoms with Crippen molar-refractivity contribution in [2.75, 3.05) is 40.4 Å². The fourth-order valence-electron chi connectivity index (χ4n) is 3.91. The molecular weight excluding hydrogens is 398 g/mol. The van der Waals surface area contributed by atoms with E-state index in [-0.39, 0.29) is 11.3 Å². The molecule has 8 nitrogen and oxygen atoms in total. The molecule has 2 aromatic rings. The van der Waals surface area contributed by atoms with E-state index in [9.17, 15) is 14.7 Å². The Morgan fingerprint density at radius 1 is 1.13 bits per heavy atom. The quantitative estimate of drug-likeness (QED) is 0.433. The monoisotopic (exact) mass is 423 g/mol. The van der Waals surface area contributed by atoms with Crippen LogP contribution in [-0.2, 0) is 9.59 Å². The van der Waals surface area contributed by atoms with Crippen molar-refractivity contribution in [3.05, 3.63) is 59.4 Å². The lowest BCUT2D eigenvalue weighted by Gasteiger charge is -2.26. The molecule has 1 amide bonds. The number of Topliss-reactive ketones (excluding diaryl/α,β-unsaturated/α-hetero) is 1. The number of likely N-dealkylation sites (tertiary alicyclic amines) is 1. The molecule has 2 aliphatic rings. The number of aromatic nitrogens is 1. The molecule has 0 aliphatic carbocycles. The van der Waals surface area contributed by atoms with Gasteiger partial charge in [0.2, 0.25) is 0 Å². The summed E-state index contributed by atoms with van der Waals surface area (Å²) in [6.45, 7) is 2.03. The van der Waals surface area contributed by atoms with Crippen LogP contribution in [-0.4, -0.2) is 72.0 Å². The number of rotatable bonds is 6. The maximum absolute atomic E-state index is 13.0. The van der Waals surface area contributed by atoms with E-state index in [1.54, 1.807) is 42.7 Å². The average Bonchev–Trinajstić information content (AvgIpc) is 3.03. The van der Waals surface area contributed by atoms with E-state index in [1.165, 1.54) is 4.90 Å². The third-order valence-electron chi connectivity index (χ3n) is 5.38. The Morgan fingerprint density at radius 3 is 2.55 bits per heavy atom. The first kappa shape index (κ1) is 20.9. The van der Waals surface area contributed by atoms with Crippen molar-refractivity contribution in [2.45, 2.75) is 12.5 Å². The Kier molecular flexibility index (Phi) is 5.90. The number of hydrogen-bond acceptors (Lipinski definition) is 7. The topological polar surface area (TPSA) is 92.2 Å². The van der Waals surface area contributed by atoms with Gasteiger partial charge in [-0.15, -0.1) is 0 Å². The molecule has 1 atom stereocenters. The molecular formula is C23H25N3O5. The van der Waals surface area contributed by atoms with Crippen LogP contribution in [0.5, 0.6) is 11.5 Å². The summed E-state index contributed by atoms with van der Waals surface area (Å²) >= 11 is 0. The largest absolute Gasteiger partial charge is 0.507 e. The number of benzene rings is 1. The molecule has 1 saturated heterocycles. The van der Waals surface area contributed by atoms with Crippen LogP contribution in [0.4, 0.5) is 0 Å². The predicted molar refractivity (Wildman–Crippen MR) is 114 cm³/mol. The minimum absolute atomic E-state index is 0.0673. The van der Waals surface area contributed by atoms with Gasteiger partial charge < -0.3 is 24.4 Å². The van der Waals surface area contributed by atoms with Crippen molar-refractivity contribution in [1.82, 2.24) is 14.8 Å². The Morgan fingerprint density at radius 2 is 1.84 bits per heavy atom. The van der Waals surface area contributed by atoms with Gasteiger partial charge in [-0.3, -0.25) is 14.6 Å². The number of aliphatic hydroxyl groups excluding tert-OH is 1. The number of ether oxygens (including phenoxy) is 2. The summed E-state index contributed by atoms with van der Waals surface area (Å²) in [5.74, 6) is -0.459. The molecule has 2 aliphatic heterocycles. The van der Waals surface area contributed by atoms with Gasteiger partial charge in [-0.2, -0.15) is 0 Å². The lowest BCUT2D eigenvalue weighted by molar-refractivity contribution is -0.139. The van der Waals surface area contributed by atoms with Gasteiger partial charge in [0.05, 0.1) is 11.6 Å². The summed E-state index contributed by atoms with van der Waals surface area (Å²) in [7, 11) is 3.91. The predicted octanol–water partition coefficient (Wildman–Crippen LogP) is 2.23. The number of nitrogens with zero attached hydrogens (tertiary/aromatic N) is 3. The van der Waals surface area contributed by atoms with Crippen LogP contribution >= 0.6 is 0 Å². The van der Waals surface area contributed by atoms with Crippen LogP contribution in [0, 0.1) is 0 Å². The van der Waals surface area contributed by atoms with Crippen LogP contribution < -0.4 is 9.47 Å². The number of fused-ring (bicyclic) bond motifs is 1. The Labute approximate surface area is 180 Å². The van der Waals surface area contributed by atoms with Gasteiger partial charge in [0, 0.05) is 24.5 Å². The summed E-state index contributed by atoms with van der Waals surface area (Å²) in [5.41, 5.74) is 1.19. The molecule has 1 fully saturated rings. The first-order chi connectivity index (χ1) is 15.0. The average molecular weight is 423 g/mol.